The van der Waals surface area contributed by atoms with E-state index < -0.39 is 24.2 Å². The van der Waals surface area contributed by atoms with E-state index in [1.54, 1.807) is 6.92 Å². The highest BCUT2D eigenvalue weighted by Gasteiger charge is 2.49. The Hall–Kier alpha value is -0.780. The Morgan fingerprint density at radius 2 is 2.00 bits per heavy atom. The number of carbonyl (C=O) groups excluding carboxylic acids is 1. The highest BCUT2D eigenvalue weighted by atomic mass is 19.4. The first-order valence-electron chi connectivity index (χ1n) is 6.11. The number of hydrogen-bond acceptors (Lipinski definition) is 3. The fraction of sp³-hybridized carbons (Fsp3) is 0.917. The lowest BCUT2D eigenvalue weighted by Gasteiger charge is -2.43. The Labute approximate surface area is 105 Å². The molecule has 0 saturated heterocycles. The maximum atomic E-state index is 12.4. The first-order chi connectivity index (χ1) is 8.21. The number of carbonyl (C=O) groups is 1. The average Bonchev–Trinajstić information content (AvgIpc) is 2.28. The SMILES string of the molecule is COC(=O)C1(NCC(F)(F)F)CC(C)CCC1C. The number of rotatable bonds is 3. The van der Waals surface area contributed by atoms with Crippen LogP contribution in [-0.2, 0) is 9.53 Å². The number of nitrogens with one attached hydrogen (secondary N) is 1. The monoisotopic (exact) mass is 267 g/mol. The van der Waals surface area contributed by atoms with Gasteiger partial charge in [0.05, 0.1) is 13.7 Å². The standard InChI is InChI=1S/C12H20F3NO2/c1-8-4-5-9(2)11(6-8,10(17)18-3)16-7-12(13,14)15/h8-9,16H,4-7H2,1-3H3. The van der Waals surface area contributed by atoms with Gasteiger partial charge in [0.25, 0.3) is 0 Å². The third kappa shape index (κ3) is 3.37. The lowest BCUT2D eigenvalue weighted by Crippen LogP contribution is -2.61. The molecule has 6 heteroatoms. The van der Waals surface area contributed by atoms with Crippen LogP contribution in [0.4, 0.5) is 13.2 Å². The Morgan fingerprint density at radius 1 is 1.39 bits per heavy atom. The lowest BCUT2D eigenvalue weighted by molar-refractivity contribution is -0.159. The molecule has 0 bridgehead atoms. The summed E-state index contributed by atoms with van der Waals surface area (Å²) in [4.78, 5) is 11.9. The first kappa shape index (κ1) is 15.3. The van der Waals surface area contributed by atoms with Gasteiger partial charge >= 0.3 is 12.1 Å². The summed E-state index contributed by atoms with van der Waals surface area (Å²) in [5.74, 6) is -0.546. The fourth-order valence-electron chi connectivity index (χ4n) is 2.68. The van der Waals surface area contributed by atoms with Gasteiger partial charge < -0.3 is 4.74 Å². The third-order valence-electron chi connectivity index (χ3n) is 3.76. The molecule has 1 N–H and O–H groups in total. The molecule has 0 amide bonds. The summed E-state index contributed by atoms with van der Waals surface area (Å²) in [5.41, 5.74) is -1.21. The number of methoxy groups -OCH3 is 1. The quantitative estimate of drug-likeness (QED) is 0.798. The highest BCUT2D eigenvalue weighted by Crippen LogP contribution is 2.38. The zero-order valence-corrected chi connectivity index (χ0v) is 10.9. The molecule has 0 radical (unpaired) electrons. The average molecular weight is 267 g/mol. The predicted octanol–water partition coefficient (Wildman–Crippen LogP) is 2.51. The topological polar surface area (TPSA) is 38.3 Å². The van der Waals surface area contributed by atoms with E-state index in [1.165, 1.54) is 7.11 Å². The van der Waals surface area contributed by atoms with Crippen LogP contribution in [0, 0.1) is 11.8 Å². The van der Waals surface area contributed by atoms with Crippen molar-refractivity contribution < 1.29 is 22.7 Å². The van der Waals surface area contributed by atoms with E-state index >= 15 is 0 Å². The Balaban J connectivity index is 2.90. The minimum atomic E-state index is -4.33. The second-order valence-electron chi connectivity index (χ2n) is 5.22. The molecule has 3 unspecified atom stereocenters. The summed E-state index contributed by atoms with van der Waals surface area (Å²) in [6, 6.07) is 0. The van der Waals surface area contributed by atoms with Gasteiger partial charge in [0, 0.05) is 0 Å². The van der Waals surface area contributed by atoms with E-state index in [9.17, 15) is 18.0 Å². The van der Waals surface area contributed by atoms with Crippen LogP contribution in [-0.4, -0.2) is 31.3 Å². The van der Waals surface area contributed by atoms with E-state index in [2.05, 4.69) is 5.32 Å². The van der Waals surface area contributed by atoms with Crippen molar-refractivity contribution in [2.75, 3.05) is 13.7 Å². The number of hydrogen-bond donors (Lipinski definition) is 1. The zero-order valence-electron chi connectivity index (χ0n) is 10.9. The number of halogens is 3. The molecule has 0 aliphatic heterocycles. The van der Waals surface area contributed by atoms with Gasteiger partial charge in [-0.1, -0.05) is 20.3 Å². The van der Waals surface area contributed by atoms with Gasteiger partial charge in [-0.2, -0.15) is 13.2 Å². The molecule has 1 saturated carbocycles. The maximum Gasteiger partial charge on any atom is 0.401 e. The molecule has 1 aliphatic rings. The summed E-state index contributed by atoms with van der Waals surface area (Å²) < 4.78 is 41.8. The number of ether oxygens (including phenoxy) is 1. The third-order valence-corrected chi connectivity index (χ3v) is 3.76. The molecule has 18 heavy (non-hydrogen) atoms. The van der Waals surface area contributed by atoms with Crippen molar-refractivity contribution in [3.05, 3.63) is 0 Å². The van der Waals surface area contributed by atoms with Crippen molar-refractivity contribution in [1.29, 1.82) is 0 Å². The Bertz CT molecular complexity index is 306. The van der Waals surface area contributed by atoms with Crippen LogP contribution in [0.25, 0.3) is 0 Å². The van der Waals surface area contributed by atoms with Crippen molar-refractivity contribution in [1.82, 2.24) is 5.32 Å². The van der Waals surface area contributed by atoms with E-state index in [0.717, 1.165) is 12.8 Å². The summed E-state index contributed by atoms with van der Waals surface area (Å²) in [6.45, 7) is 2.57. The fourth-order valence-corrected chi connectivity index (χ4v) is 2.68. The van der Waals surface area contributed by atoms with Gasteiger partial charge in [0.2, 0.25) is 0 Å². The molecule has 0 aromatic rings. The van der Waals surface area contributed by atoms with Crippen molar-refractivity contribution in [2.45, 2.75) is 44.8 Å². The first-order valence-corrected chi connectivity index (χ1v) is 6.11. The predicted molar refractivity (Wildman–Crippen MR) is 61.0 cm³/mol. The molecule has 3 atom stereocenters. The van der Waals surface area contributed by atoms with E-state index in [1.807, 2.05) is 6.92 Å². The molecule has 1 aliphatic carbocycles. The number of alkyl halides is 3. The summed E-state index contributed by atoms with van der Waals surface area (Å²) in [7, 11) is 1.21. The summed E-state index contributed by atoms with van der Waals surface area (Å²) in [5, 5.41) is 2.41. The van der Waals surface area contributed by atoms with Crippen LogP contribution in [0.2, 0.25) is 0 Å². The normalized spacial score (nSPS) is 33.2. The van der Waals surface area contributed by atoms with Crippen LogP contribution >= 0.6 is 0 Å². The Morgan fingerprint density at radius 3 is 2.50 bits per heavy atom. The van der Waals surface area contributed by atoms with Crippen LogP contribution in [0.1, 0.15) is 33.1 Å². The summed E-state index contributed by atoms with van der Waals surface area (Å²) in [6.07, 6.45) is -2.30. The van der Waals surface area contributed by atoms with Crippen LogP contribution in [0.15, 0.2) is 0 Å². The minimum absolute atomic E-state index is 0.163. The zero-order chi connectivity index (χ0) is 14.0. The molecule has 1 rings (SSSR count). The van der Waals surface area contributed by atoms with Crippen LogP contribution in [0.5, 0.6) is 0 Å². The van der Waals surface area contributed by atoms with Crippen molar-refractivity contribution in [3.63, 3.8) is 0 Å². The van der Waals surface area contributed by atoms with Gasteiger partial charge in [0.15, 0.2) is 0 Å². The van der Waals surface area contributed by atoms with Gasteiger partial charge in [0.1, 0.15) is 5.54 Å². The molecule has 0 spiro atoms. The van der Waals surface area contributed by atoms with Gasteiger partial charge in [-0.3, -0.25) is 10.1 Å². The molecule has 0 aromatic carbocycles. The largest absolute Gasteiger partial charge is 0.468 e. The Kier molecular flexibility index (Phi) is 4.64. The van der Waals surface area contributed by atoms with E-state index in [-0.39, 0.29) is 11.8 Å². The second-order valence-corrected chi connectivity index (χ2v) is 5.22. The van der Waals surface area contributed by atoms with Gasteiger partial charge in [-0.15, -0.1) is 0 Å². The van der Waals surface area contributed by atoms with Gasteiger partial charge in [-0.25, -0.2) is 0 Å². The molecule has 106 valence electrons. The van der Waals surface area contributed by atoms with Gasteiger partial charge in [-0.05, 0) is 24.7 Å². The van der Waals surface area contributed by atoms with Crippen molar-refractivity contribution in [2.24, 2.45) is 11.8 Å². The smallest absolute Gasteiger partial charge is 0.401 e. The minimum Gasteiger partial charge on any atom is -0.468 e. The van der Waals surface area contributed by atoms with Crippen LogP contribution < -0.4 is 5.32 Å². The number of esters is 1. The highest BCUT2D eigenvalue weighted by molar-refractivity contribution is 5.81. The van der Waals surface area contributed by atoms with E-state index in [4.69, 9.17) is 4.74 Å². The molecule has 1 fully saturated rings. The van der Waals surface area contributed by atoms with Crippen molar-refractivity contribution in [3.8, 4) is 0 Å². The molecule has 0 aromatic heterocycles. The second kappa shape index (κ2) is 5.47. The molecular formula is C12H20F3NO2. The molecule has 0 heterocycles. The molecule has 3 nitrogen and oxygen atoms in total. The van der Waals surface area contributed by atoms with Crippen LogP contribution in [0.3, 0.4) is 0 Å². The maximum absolute atomic E-state index is 12.4. The van der Waals surface area contributed by atoms with Crippen molar-refractivity contribution >= 4 is 5.97 Å². The van der Waals surface area contributed by atoms with E-state index in [0.29, 0.717) is 6.42 Å². The summed E-state index contributed by atoms with van der Waals surface area (Å²) >= 11 is 0. The lowest BCUT2D eigenvalue weighted by atomic mass is 9.69. The molecular weight excluding hydrogens is 247 g/mol.